The number of hydrogen-bond acceptors (Lipinski definition) is 0. The molecule has 0 amide bonds. The SMILES string of the molecule is C=CC1(Cl)C=C(C(F)(F)F)C=C(Cl)C1. The number of hydrogen-bond donors (Lipinski definition) is 0. The highest BCUT2D eigenvalue weighted by atomic mass is 35.5. The van der Waals surface area contributed by atoms with Gasteiger partial charge in [-0.1, -0.05) is 17.7 Å². The topological polar surface area (TPSA) is 0 Å². The van der Waals surface area contributed by atoms with Crippen LogP contribution >= 0.6 is 23.2 Å². The van der Waals surface area contributed by atoms with Crippen LogP contribution in [0.3, 0.4) is 0 Å². The summed E-state index contributed by atoms with van der Waals surface area (Å²) in [5.41, 5.74) is -0.830. The van der Waals surface area contributed by atoms with Crippen LogP contribution in [0, 0.1) is 0 Å². The van der Waals surface area contributed by atoms with Crippen LogP contribution in [0.1, 0.15) is 6.42 Å². The fourth-order valence-corrected chi connectivity index (χ4v) is 1.79. The lowest BCUT2D eigenvalue weighted by Gasteiger charge is -2.25. The summed E-state index contributed by atoms with van der Waals surface area (Å²) < 4.78 is 37.0. The van der Waals surface area contributed by atoms with Gasteiger partial charge in [-0.25, -0.2) is 0 Å². The standard InChI is InChI=1S/C9H7Cl2F3/c1-2-8(11)4-6(9(12,13)14)3-7(10)5-8/h2-4H,1,5H2. The first-order chi connectivity index (χ1) is 6.27. The van der Waals surface area contributed by atoms with Gasteiger partial charge < -0.3 is 0 Å². The van der Waals surface area contributed by atoms with Crippen molar-refractivity contribution in [2.45, 2.75) is 17.5 Å². The molecule has 78 valence electrons. The Morgan fingerprint density at radius 3 is 2.50 bits per heavy atom. The second kappa shape index (κ2) is 3.63. The summed E-state index contributed by atoms with van der Waals surface area (Å²) in [5.74, 6) is 0. The van der Waals surface area contributed by atoms with Gasteiger partial charge in [-0.15, -0.1) is 18.2 Å². The summed E-state index contributed by atoms with van der Waals surface area (Å²) in [5, 5.41) is 0.0784. The van der Waals surface area contributed by atoms with E-state index in [1.807, 2.05) is 0 Å². The average molecular weight is 243 g/mol. The van der Waals surface area contributed by atoms with Gasteiger partial charge in [0, 0.05) is 11.5 Å². The van der Waals surface area contributed by atoms with Gasteiger partial charge in [0.15, 0.2) is 0 Å². The van der Waals surface area contributed by atoms with E-state index in [0.717, 1.165) is 12.2 Å². The molecule has 14 heavy (non-hydrogen) atoms. The normalized spacial score (nSPS) is 28.1. The van der Waals surface area contributed by atoms with Crippen LogP contribution in [0.4, 0.5) is 13.2 Å². The van der Waals surface area contributed by atoms with Crippen molar-refractivity contribution in [1.29, 1.82) is 0 Å². The predicted octanol–water partition coefficient (Wildman–Crippen LogP) is 4.17. The molecule has 1 atom stereocenters. The molecule has 0 heterocycles. The zero-order valence-electron chi connectivity index (χ0n) is 7.04. The second-order valence-electron chi connectivity index (χ2n) is 3.00. The first kappa shape index (κ1) is 11.7. The summed E-state index contributed by atoms with van der Waals surface area (Å²) in [6, 6.07) is 0. The van der Waals surface area contributed by atoms with Gasteiger partial charge in [-0.3, -0.25) is 0 Å². The van der Waals surface area contributed by atoms with Gasteiger partial charge in [0.05, 0.1) is 10.4 Å². The van der Waals surface area contributed by atoms with Gasteiger partial charge in [-0.05, 0) is 12.2 Å². The van der Waals surface area contributed by atoms with E-state index in [2.05, 4.69) is 6.58 Å². The fourth-order valence-electron chi connectivity index (χ4n) is 1.12. The highest BCUT2D eigenvalue weighted by Crippen LogP contribution is 2.40. The van der Waals surface area contributed by atoms with Crippen molar-refractivity contribution in [3.05, 3.63) is 35.4 Å². The van der Waals surface area contributed by atoms with Gasteiger partial charge in [-0.2, -0.15) is 13.2 Å². The minimum absolute atomic E-state index is 0.0784. The minimum atomic E-state index is -4.43. The molecule has 1 aliphatic carbocycles. The first-order valence-corrected chi connectivity index (χ1v) is 4.51. The predicted molar refractivity (Wildman–Crippen MR) is 51.5 cm³/mol. The molecular formula is C9H7Cl2F3. The number of allylic oxidation sites excluding steroid dienone is 5. The number of rotatable bonds is 1. The molecule has 0 radical (unpaired) electrons. The maximum Gasteiger partial charge on any atom is 0.416 e. The highest BCUT2D eigenvalue weighted by molar-refractivity contribution is 6.33. The molecule has 0 aromatic rings. The highest BCUT2D eigenvalue weighted by Gasteiger charge is 2.38. The molecule has 1 aliphatic rings. The number of halogens is 5. The van der Waals surface area contributed by atoms with Crippen LogP contribution in [0.5, 0.6) is 0 Å². The monoisotopic (exact) mass is 242 g/mol. The summed E-state index contributed by atoms with van der Waals surface area (Å²) in [4.78, 5) is -1.23. The summed E-state index contributed by atoms with van der Waals surface area (Å²) in [7, 11) is 0. The van der Waals surface area contributed by atoms with Crippen molar-refractivity contribution in [2.24, 2.45) is 0 Å². The van der Waals surface area contributed by atoms with Crippen LogP contribution in [-0.2, 0) is 0 Å². The molecule has 1 unspecified atom stereocenters. The molecule has 0 aliphatic heterocycles. The maximum absolute atomic E-state index is 12.3. The molecule has 0 spiro atoms. The van der Waals surface area contributed by atoms with E-state index in [1.165, 1.54) is 6.08 Å². The Balaban J connectivity index is 3.12. The third-order valence-corrected chi connectivity index (χ3v) is 2.45. The van der Waals surface area contributed by atoms with E-state index in [9.17, 15) is 13.2 Å². The van der Waals surface area contributed by atoms with E-state index in [1.54, 1.807) is 0 Å². The molecule has 0 nitrogen and oxygen atoms in total. The van der Waals surface area contributed by atoms with Crippen LogP contribution in [-0.4, -0.2) is 11.1 Å². The van der Waals surface area contributed by atoms with Crippen molar-refractivity contribution in [1.82, 2.24) is 0 Å². The summed E-state index contributed by atoms with van der Waals surface area (Å²) >= 11 is 11.4. The minimum Gasteiger partial charge on any atom is -0.166 e. The molecule has 0 aromatic carbocycles. The Morgan fingerprint density at radius 1 is 1.50 bits per heavy atom. The molecule has 0 N–H and O–H groups in total. The third kappa shape index (κ3) is 2.55. The van der Waals surface area contributed by atoms with Crippen molar-refractivity contribution >= 4 is 23.2 Å². The lowest BCUT2D eigenvalue weighted by atomic mass is 9.95. The molecule has 1 rings (SSSR count). The zero-order valence-corrected chi connectivity index (χ0v) is 8.55. The molecule has 0 saturated heterocycles. The van der Waals surface area contributed by atoms with E-state index in [4.69, 9.17) is 23.2 Å². The van der Waals surface area contributed by atoms with Gasteiger partial charge >= 0.3 is 6.18 Å². The first-order valence-electron chi connectivity index (χ1n) is 3.75. The van der Waals surface area contributed by atoms with E-state index < -0.39 is 16.6 Å². The zero-order chi connectivity index (χ0) is 11.0. The molecule has 5 heteroatoms. The van der Waals surface area contributed by atoms with Crippen LogP contribution in [0.15, 0.2) is 35.4 Å². The lowest BCUT2D eigenvalue weighted by Crippen LogP contribution is -2.23. The quantitative estimate of drug-likeness (QED) is 0.479. The largest absolute Gasteiger partial charge is 0.416 e. The van der Waals surface area contributed by atoms with Crippen molar-refractivity contribution in [3.63, 3.8) is 0 Å². The molecule has 0 fully saturated rings. The molecule has 0 saturated carbocycles. The Morgan fingerprint density at radius 2 is 2.07 bits per heavy atom. The summed E-state index contributed by atoms with van der Waals surface area (Å²) in [6.07, 6.45) is -1.24. The Bertz CT molecular complexity index is 315. The van der Waals surface area contributed by atoms with Gasteiger partial charge in [0.2, 0.25) is 0 Å². The van der Waals surface area contributed by atoms with Crippen LogP contribution < -0.4 is 0 Å². The smallest absolute Gasteiger partial charge is 0.166 e. The van der Waals surface area contributed by atoms with E-state index in [-0.39, 0.29) is 11.5 Å². The van der Waals surface area contributed by atoms with Crippen molar-refractivity contribution < 1.29 is 13.2 Å². The van der Waals surface area contributed by atoms with Crippen molar-refractivity contribution in [3.8, 4) is 0 Å². The van der Waals surface area contributed by atoms with Crippen LogP contribution in [0.2, 0.25) is 0 Å². The fraction of sp³-hybridized carbons (Fsp3) is 0.333. The van der Waals surface area contributed by atoms with Crippen molar-refractivity contribution in [2.75, 3.05) is 0 Å². The molecule has 0 bridgehead atoms. The number of alkyl halides is 4. The Hall–Kier alpha value is -0.410. The molecular weight excluding hydrogens is 236 g/mol. The van der Waals surface area contributed by atoms with Crippen LogP contribution in [0.25, 0.3) is 0 Å². The Kier molecular flexibility index (Phi) is 3.02. The van der Waals surface area contributed by atoms with E-state index in [0.29, 0.717) is 0 Å². The Labute approximate surface area is 89.7 Å². The second-order valence-corrected chi connectivity index (χ2v) is 4.19. The average Bonchev–Trinajstić information content (AvgIpc) is 2.01. The lowest BCUT2D eigenvalue weighted by molar-refractivity contribution is -0.0887. The van der Waals surface area contributed by atoms with E-state index >= 15 is 0 Å². The maximum atomic E-state index is 12.3. The van der Waals surface area contributed by atoms with Gasteiger partial charge in [0.25, 0.3) is 0 Å². The summed E-state index contributed by atoms with van der Waals surface area (Å²) in [6.45, 7) is 3.38. The molecule has 0 aromatic heterocycles. The third-order valence-electron chi connectivity index (χ3n) is 1.81. The van der Waals surface area contributed by atoms with Gasteiger partial charge in [0.1, 0.15) is 0 Å².